The fraction of sp³-hybridized carbons (Fsp3) is 0.619. The van der Waals surface area contributed by atoms with Crippen molar-refractivity contribution in [1.82, 2.24) is 0 Å². The van der Waals surface area contributed by atoms with Gasteiger partial charge in [0.1, 0.15) is 12.6 Å². The van der Waals surface area contributed by atoms with Crippen molar-refractivity contribution >= 4 is 0 Å². The van der Waals surface area contributed by atoms with Crippen LogP contribution in [0.1, 0.15) is 43.7 Å². The molecule has 0 amide bonds. The molecule has 0 aromatic heterocycles. The zero-order valence-corrected chi connectivity index (χ0v) is 15.6. The Morgan fingerprint density at radius 3 is 3.00 bits per heavy atom. The molecule has 0 saturated heterocycles. The molecule has 4 heteroatoms. The average Bonchev–Trinajstić information content (AvgIpc) is 2.87. The van der Waals surface area contributed by atoms with Crippen LogP contribution in [0, 0.1) is 0 Å². The summed E-state index contributed by atoms with van der Waals surface area (Å²) in [5.74, 6) is 1.73. The Balaban J connectivity index is 1.84. The van der Waals surface area contributed by atoms with E-state index in [0.29, 0.717) is 6.42 Å². The second-order valence-corrected chi connectivity index (χ2v) is 8.27. The molecule has 1 aromatic rings. The summed E-state index contributed by atoms with van der Waals surface area (Å²) in [4.78, 5) is 0. The summed E-state index contributed by atoms with van der Waals surface area (Å²) in [6, 6.07) is 4.28. The molecule has 4 atom stereocenters. The summed E-state index contributed by atoms with van der Waals surface area (Å²) in [6.07, 6.45) is 8.02. The van der Waals surface area contributed by atoms with Crippen molar-refractivity contribution in [2.45, 2.75) is 56.8 Å². The SMILES string of the molecule is CCCC[N+]1(C)CCC23C=CC(O)CC2Oc2c(OC)ccc(c23)C1. The number of quaternary nitrogens is 1. The first-order valence-electron chi connectivity index (χ1n) is 9.59. The van der Waals surface area contributed by atoms with Crippen molar-refractivity contribution in [1.29, 1.82) is 0 Å². The fourth-order valence-corrected chi connectivity index (χ4v) is 5.01. The molecule has 2 aliphatic heterocycles. The highest BCUT2D eigenvalue weighted by Gasteiger charge is 2.54. The summed E-state index contributed by atoms with van der Waals surface area (Å²) in [5, 5.41) is 10.1. The molecule has 136 valence electrons. The number of rotatable bonds is 4. The molecule has 1 aromatic carbocycles. The predicted octanol–water partition coefficient (Wildman–Crippen LogP) is 3.17. The van der Waals surface area contributed by atoms with Gasteiger partial charge in [-0.15, -0.1) is 0 Å². The van der Waals surface area contributed by atoms with Gasteiger partial charge in [0.25, 0.3) is 0 Å². The van der Waals surface area contributed by atoms with Gasteiger partial charge in [0, 0.05) is 24.0 Å². The van der Waals surface area contributed by atoms with Crippen molar-refractivity contribution in [3.63, 3.8) is 0 Å². The molecule has 1 spiro atoms. The van der Waals surface area contributed by atoms with Crippen LogP contribution in [-0.2, 0) is 12.0 Å². The van der Waals surface area contributed by atoms with E-state index >= 15 is 0 Å². The van der Waals surface area contributed by atoms with Crippen molar-refractivity contribution in [3.05, 3.63) is 35.4 Å². The maximum atomic E-state index is 10.1. The van der Waals surface area contributed by atoms with Gasteiger partial charge in [-0.2, -0.15) is 0 Å². The molecule has 2 heterocycles. The molecule has 3 aliphatic rings. The molecule has 0 fully saturated rings. The number of hydrogen-bond acceptors (Lipinski definition) is 3. The van der Waals surface area contributed by atoms with Crippen LogP contribution in [0.5, 0.6) is 11.5 Å². The van der Waals surface area contributed by atoms with E-state index in [4.69, 9.17) is 9.47 Å². The third-order valence-corrected chi connectivity index (χ3v) is 6.47. The minimum Gasteiger partial charge on any atom is -0.493 e. The van der Waals surface area contributed by atoms with E-state index in [2.05, 4.69) is 32.2 Å². The summed E-state index contributed by atoms with van der Waals surface area (Å²) in [6.45, 7) is 5.66. The molecule has 1 N–H and O–H groups in total. The lowest BCUT2D eigenvalue weighted by Crippen LogP contribution is -2.47. The Morgan fingerprint density at radius 1 is 1.40 bits per heavy atom. The van der Waals surface area contributed by atoms with E-state index in [1.807, 2.05) is 6.08 Å². The second-order valence-electron chi connectivity index (χ2n) is 8.27. The van der Waals surface area contributed by atoms with Crippen molar-refractivity contribution in [2.75, 3.05) is 27.2 Å². The average molecular weight is 344 g/mol. The fourth-order valence-electron chi connectivity index (χ4n) is 5.01. The number of ether oxygens (including phenoxy) is 2. The predicted molar refractivity (Wildman–Crippen MR) is 98.0 cm³/mol. The first-order chi connectivity index (χ1) is 12.0. The van der Waals surface area contributed by atoms with Crippen LogP contribution >= 0.6 is 0 Å². The van der Waals surface area contributed by atoms with Gasteiger partial charge in [0.2, 0.25) is 0 Å². The Morgan fingerprint density at radius 2 is 2.24 bits per heavy atom. The van der Waals surface area contributed by atoms with E-state index in [0.717, 1.165) is 35.5 Å². The van der Waals surface area contributed by atoms with E-state index < -0.39 is 6.10 Å². The van der Waals surface area contributed by atoms with Gasteiger partial charge in [-0.25, -0.2) is 0 Å². The number of benzene rings is 1. The second kappa shape index (κ2) is 6.03. The molecule has 0 bridgehead atoms. The minimum absolute atomic E-state index is 0.00951. The quantitative estimate of drug-likeness (QED) is 0.673. The van der Waals surface area contributed by atoms with Gasteiger partial charge >= 0.3 is 0 Å². The Labute approximate surface area is 150 Å². The highest BCUT2D eigenvalue weighted by atomic mass is 16.5. The van der Waals surface area contributed by atoms with Gasteiger partial charge in [-0.1, -0.05) is 25.5 Å². The smallest absolute Gasteiger partial charge is 0.166 e. The van der Waals surface area contributed by atoms with Gasteiger partial charge in [0.05, 0.1) is 38.8 Å². The summed E-state index contributed by atoms with van der Waals surface area (Å²) < 4.78 is 13.1. The molecule has 4 rings (SSSR count). The standard InChI is InChI=1S/C21H30NO3/c1-4-5-11-22(2)12-10-21-9-8-16(23)13-18(21)25-20-17(24-3)7-6-15(14-22)19(20)21/h6-9,16,18,23H,4-5,10-14H2,1-3H3/q+1. The molecule has 0 saturated carbocycles. The maximum Gasteiger partial charge on any atom is 0.166 e. The first-order valence-corrected chi connectivity index (χ1v) is 9.59. The van der Waals surface area contributed by atoms with Crippen LogP contribution in [0.3, 0.4) is 0 Å². The normalized spacial score (nSPS) is 35.5. The van der Waals surface area contributed by atoms with E-state index in [-0.39, 0.29) is 11.5 Å². The molecule has 25 heavy (non-hydrogen) atoms. The summed E-state index contributed by atoms with van der Waals surface area (Å²) >= 11 is 0. The van der Waals surface area contributed by atoms with E-state index in [9.17, 15) is 5.11 Å². The number of nitrogens with zero attached hydrogens (tertiary/aromatic N) is 1. The van der Waals surface area contributed by atoms with Gasteiger partial charge in [-0.3, -0.25) is 0 Å². The molecule has 4 nitrogen and oxygen atoms in total. The van der Waals surface area contributed by atoms with Gasteiger partial charge < -0.3 is 19.1 Å². The summed E-state index contributed by atoms with van der Waals surface area (Å²) in [7, 11) is 4.10. The first kappa shape index (κ1) is 16.9. The third kappa shape index (κ3) is 2.58. The number of unbranched alkanes of at least 4 members (excludes halogenated alkanes) is 1. The number of hydrogen-bond donors (Lipinski definition) is 1. The van der Waals surface area contributed by atoms with Crippen molar-refractivity contribution < 1.29 is 19.1 Å². The third-order valence-electron chi connectivity index (χ3n) is 6.47. The van der Waals surface area contributed by atoms with Crippen molar-refractivity contribution in [3.8, 4) is 11.5 Å². The molecule has 1 aliphatic carbocycles. The van der Waals surface area contributed by atoms with Crippen molar-refractivity contribution in [2.24, 2.45) is 0 Å². The van der Waals surface area contributed by atoms with Crippen LogP contribution in [-0.4, -0.2) is 49.0 Å². The molecule has 0 radical (unpaired) electrons. The van der Waals surface area contributed by atoms with Crippen LogP contribution in [0.2, 0.25) is 0 Å². The zero-order chi connectivity index (χ0) is 17.7. The Bertz CT molecular complexity index is 701. The molecular weight excluding hydrogens is 314 g/mol. The number of aliphatic hydroxyl groups is 1. The molecule has 4 unspecified atom stereocenters. The Hall–Kier alpha value is -1.52. The Kier molecular flexibility index (Phi) is 4.08. The number of aliphatic hydroxyl groups excluding tert-OH is 1. The largest absolute Gasteiger partial charge is 0.493 e. The van der Waals surface area contributed by atoms with Gasteiger partial charge in [0.15, 0.2) is 11.5 Å². The monoisotopic (exact) mass is 344 g/mol. The van der Waals surface area contributed by atoms with Crippen LogP contribution < -0.4 is 9.47 Å². The lowest BCUT2D eigenvalue weighted by Gasteiger charge is -2.37. The van der Waals surface area contributed by atoms with Gasteiger partial charge in [-0.05, 0) is 18.6 Å². The van der Waals surface area contributed by atoms with E-state index in [1.54, 1.807) is 7.11 Å². The van der Waals surface area contributed by atoms with Crippen LogP contribution in [0.25, 0.3) is 0 Å². The zero-order valence-electron chi connectivity index (χ0n) is 15.6. The van der Waals surface area contributed by atoms with E-state index in [1.165, 1.54) is 30.5 Å². The topological polar surface area (TPSA) is 38.7 Å². The summed E-state index contributed by atoms with van der Waals surface area (Å²) in [5.41, 5.74) is 2.59. The lowest BCUT2D eigenvalue weighted by molar-refractivity contribution is -0.922. The van der Waals surface area contributed by atoms with Crippen LogP contribution in [0.4, 0.5) is 0 Å². The molecular formula is C21H30NO3+. The number of methoxy groups -OCH3 is 1. The highest BCUT2D eigenvalue weighted by molar-refractivity contribution is 5.60. The van der Waals surface area contributed by atoms with Crippen LogP contribution in [0.15, 0.2) is 24.3 Å². The minimum atomic E-state index is -0.413. The lowest BCUT2D eigenvalue weighted by atomic mass is 9.69. The highest BCUT2D eigenvalue weighted by Crippen LogP contribution is 2.56. The maximum absolute atomic E-state index is 10.1.